The Bertz CT molecular complexity index is 221. The Morgan fingerprint density at radius 2 is 2.15 bits per heavy atom. The van der Waals surface area contributed by atoms with Gasteiger partial charge in [-0.2, -0.15) is 0 Å². The summed E-state index contributed by atoms with van der Waals surface area (Å²) < 4.78 is 0. The number of rotatable bonds is 4. The number of nitrogens with zero attached hydrogens (tertiary/aromatic N) is 1. The van der Waals surface area contributed by atoms with Gasteiger partial charge in [-0.1, -0.05) is 19.4 Å². The van der Waals surface area contributed by atoms with Crippen molar-refractivity contribution in [3.05, 3.63) is 29.6 Å². The zero-order chi connectivity index (χ0) is 8.81. The van der Waals surface area contributed by atoms with Crippen LogP contribution >= 0.6 is 24.0 Å². The highest BCUT2D eigenvalue weighted by atomic mass is 35.5. The van der Waals surface area contributed by atoms with E-state index in [0.717, 1.165) is 12.1 Å². The van der Waals surface area contributed by atoms with Gasteiger partial charge in [0.1, 0.15) is 0 Å². The van der Waals surface area contributed by atoms with E-state index in [1.54, 1.807) is 0 Å². The topological polar surface area (TPSA) is 12.9 Å². The molecule has 0 fully saturated rings. The summed E-state index contributed by atoms with van der Waals surface area (Å²) in [6, 6.07) is 4.11. The highest BCUT2D eigenvalue weighted by Gasteiger charge is 1.93. The van der Waals surface area contributed by atoms with Crippen molar-refractivity contribution in [2.75, 3.05) is 0 Å². The average molecular weight is 220 g/mol. The Labute approximate surface area is 90.9 Å². The van der Waals surface area contributed by atoms with E-state index in [4.69, 9.17) is 11.6 Å². The van der Waals surface area contributed by atoms with Gasteiger partial charge in [-0.25, -0.2) is 0 Å². The van der Waals surface area contributed by atoms with Gasteiger partial charge in [0.2, 0.25) is 0 Å². The maximum atomic E-state index is 5.62. The van der Waals surface area contributed by atoms with Crippen molar-refractivity contribution in [1.82, 2.24) is 4.98 Å². The minimum absolute atomic E-state index is 0. The molecule has 0 saturated carbocycles. The molecule has 0 bridgehead atoms. The molecule has 1 nitrogen and oxygen atoms in total. The quantitative estimate of drug-likeness (QED) is 0.706. The Morgan fingerprint density at radius 3 is 2.62 bits per heavy atom. The molecule has 1 aromatic rings. The van der Waals surface area contributed by atoms with Crippen molar-refractivity contribution < 1.29 is 0 Å². The fourth-order valence-electron chi connectivity index (χ4n) is 1.06. The van der Waals surface area contributed by atoms with Crippen LogP contribution in [0.1, 0.15) is 31.0 Å². The van der Waals surface area contributed by atoms with E-state index < -0.39 is 0 Å². The summed E-state index contributed by atoms with van der Waals surface area (Å²) in [5, 5.41) is 0. The van der Waals surface area contributed by atoms with Crippen LogP contribution in [-0.2, 0) is 12.3 Å². The summed E-state index contributed by atoms with van der Waals surface area (Å²) in [5.41, 5.74) is 2.27. The molecule has 0 unspecified atom stereocenters. The average Bonchev–Trinajstić information content (AvgIpc) is 2.15. The van der Waals surface area contributed by atoms with Crippen LogP contribution in [-0.4, -0.2) is 4.98 Å². The van der Waals surface area contributed by atoms with Crippen molar-refractivity contribution in [2.45, 2.75) is 32.1 Å². The van der Waals surface area contributed by atoms with Crippen molar-refractivity contribution in [3.8, 4) is 0 Å². The number of hydrogen-bond donors (Lipinski definition) is 0. The van der Waals surface area contributed by atoms with Gasteiger partial charge in [0.15, 0.2) is 0 Å². The Kier molecular flexibility index (Phi) is 7.02. The van der Waals surface area contributed by atoms with Crippen molar-refractivity contribution >= 4 is 24.0 Å². The molecule has 1 heterocycles. The lowest BCUT2D eigenvalue weighted by atomic mass is 10.1. The molecule has 0 aliphatic rings. The molecule has 0 spiro atoms. The lowest BCUT2D eigenvalue weighted by Gasteiger charge is -1.99. The maximum absolute atomic E-state index is 5.62. The fraction of sp³-hybridized carbons (Fsp3) is 0.500. The van der Waals surface area contributed by atoms with Gasteiger partial charge in [-0.3, -0.25) is 4.98 Å². The summed E-state index contributed by atoms with van der Waals surface area (Å²) in [7, 11) is 0. The predicted octanol–water partition coefficient (Wildman–Crippen LogP) is 3.58. The summed E-state index contributed by atoms with van der Waals surface area (Å²) >= 11 is 5.62. The molecule has 0 aliphatic carbocycles. The Morgan fingerprint density at radius 1 is 1.38 bits per heavy atom. The molecule has 0 aromatic carbocycles. The third-order valence-corrected chi connectivity index (χ3v) is 2.12. The number of hydrogen-bond acceptors (Lipinski definition) is 1. The van der Waals surface area contributed by atoms with Crippen LogP contribution < -0.4 is 0 Å². The van der Waals surface area contributed by atoms with Gasteiger partial charge < -0.3 is 0 Å². The summed E-state index contributed by atoms with van der Waals surface area (Å²) in [6.45, 7) is 2.20. The van der Waals surface area contributed by atoms with Gasteiger partial charge in [-0.15, -0.1) is 24.0 Å². The highest BCUT2D eigenvalue weighted by molar-refractivity contribution is 6.16. The lowest BCUT2D eigenvalue weighted by molar-refractivity contribution is 0.791. The molecule has 1 aromatic heterocycles. The zero-order valence-electron chi connectivity index (χ0n) is 7.79. The monoisotopic (exact) mass is 219 g/mol. The third kappa shape index (κ3) is 4.49. The first-order valence-electron chi connectivity index (χ1n) is 4.36. The highest BCUT2D eigenvalue weighted by Crippen LogP contribution is 2.06. The minimum Gasteiger partial charge on any atom is -0.260 e. The number of alkyl halides is 1. The van der Waals surface area contributed by atoms with E-state index in [2.05, 4.69) is 18.0 Å². The van der Waals surface area contributed by atoms with Crippen LogP contribution in [0.2, 0.25) is 0 Å². The van der Waals surface area contributed by atoms with E-state index >= 15 is 0 Å². The van der Waals surface area contributed by atoms with E-state index in [9.17, 15) is 0 Å². The maximum Gasteiger partial charge on any atom is 0.0647 e. The second-order valence-electron chi connectivity index (χ2n) is 2.89. The SMILES string of the molecule is CCCCc1ccc(CCl)nc1.Cl. The van der Waals surface area contributed by atoms with Crippen LogP contribution in [0.25, 0.3) is 0 Å². The first-order chi connectivity index (χ1) is 5.86. The fourth-order valence-corrected chi connectivity index (χ4v) is 1.22. The van der Waals surface area contributed by atoms with E-state index in [1.807, 2.05) is 12.3 Å². The molecule has 13 heavy (non-hydrogen) atoms. The molecule has 0 amide bonds. The molecule has 1 rings (SSSR count). The number of unbranched alkanes of at least 4 members (excludes halogenated alkanes) is 1. The molecule has 3 heteroatoms. The lowest BCUT2D eigenvalue weighted by Crippen LogP contribution is -1.89. The van der Waals surface area contributed by atoms with E-state index in [-0.39, 0.29) is 12.4 Å². The van der Waals surface area contributed by atoms with Crippen LogP contribution in [0.15, 0.2) is 18.3 Å². The molecule has 0 atom stereocenters. The van der Waals surface area contributed by atoms with Gasteiger partial charge in [0, 0.05) is 6.20 Å². The van der Waals surface area contributed by atoms with Gasteiger partial charge in [0.05, 0.1) is 11.6 Å². The van der Waals surface area contributed by atoms with Crippen LogP contribution in [0.4, 0.5) is 0 Å². The molecule has 74 valence electrons. The second kappa shape index (κ2) is 7.16. The van der Waals surface area contributed by atoms with Gasteiger partial charge in [0.25, 0.3) is 0 Å². The molecular formula is C10H15Cl2N. The molecule has 0 N–H and O–H groups in total. The van der Waals surface area contributed by atoms with Crippen LogP contribution in [0, 0.1) is 0 Å². The Hall–Kier alpha value is -0.270. The van der Waals surface area contributed by atoms with Gasteiger partial charge >= 0.3 is 0 Å². The molecule has 0 saturated heterocycles. The minimum atomic E-state index is 0. The van der Waals surface area contributed by atoms with Crippen molar-refractivity contribution in [3.63, 3.8) is 0 Å². The molecule has 0 aliphatic heterocycles. The van der Waals surface area contributed by atoms with Crippen LogP contribution in [0.3, 0.4) is 0 Å². The molecule has 0 radical (unpaired) electrons. The van der Waals surface area contributed by atoms with Crippen molar-refractivity contribution in [2.24, 2.45) is 0 Å². The van der Waals surface area contributed by atoms with E-state index in [1.165, 1.54) is 18.4 Å². The first-order valence-corrected chi connectivity index (χ1v) is 4.90. The van der Waals surface area contributed by atoms with Crippen LogP contribution in [0.5, 0.6) is 0 Å². The van der Waals surface area contributed by atoms with Crippen molar-refractivity contribution in [1.29, 1.82) is 0 Å². The Balaban J connectivity index is 0.00000144. The summed E-state index contributed by atoms with van der Waals surface area (Å²) in [6.07, 6.45) is 5.53. The second-order valence-corrected chi connectivity index (χ2v) is 3.16. The third-order valence-electron chi connectivity index (χ3n) is 1.84. The number of aryl methyl sites for hydroxylation is 1. The zero-order valence-corrected chi connectivity index (χ0v) is 9.37. The summed E-state index contributed by atoms with van der Waals surface area (Å²) in [4.78, 5) is 4.22. The largest absolute Gasteiger partial charge is 0.260 e. The summed E-state index contributed by atoms with van der Waals surface area (Å²) in [5.74, 6) is 0.508. The number of aromatic nitrogens is 1. The predicted molar refractivity (Wildman–Crippen MR) is 59.7 cm³/mol. The normalized spacial score (nSPS) is 9.38. The smallest absolute Gasteiger partial charge is 0.0647 e. The molecular weight excluding hydrogens is 205 g/mol. The standard InChI is InChI=1S/C10H14ClN.ClH/c1-2-3-4-9-5-6-10(7-11)12-8-9;/h5-6,8H,2-4,7H2,1H3;1H. The number of halogens is 2. The number of pyridine rings is 1. The van der Waals surface area contributed by atoms with Gasteiger partial charge in [-0.05, 0) is 24.5 Å². The first kappa shape index (κ1) is 12.7. The van der Waals surface area contributed by atoms with E-state index in [0.29, 0.717) is 5.88 Å².